The fourth-order valence-electron chi connectivity index (χ4n) is 2.97. The molecule has 3 aromatic carbocycles. The van der Waals surface area contributed by atoms with Crippen molar-refractivity contribution in [2.24, 2.45) is 5.10 Å². The van der Waals surface area contributed by atoms with E-state index in [0.717, 1.165) is 16.7 Å². The summed E-state index contributed by atoms with van der Waals surface area (Å²) in [5.41, 5.74) is 5.70. The van der Waals surface area contributed by atoms with E-state index in [2.05, 4.69) is 15.8 Å². The summed E-state index contributed by atoms with van der Waals surface area (Å²) in [5.74, 6) is 0.505. The molecule has 0 spiro atoms. The van der Waals surface area contributed by atoms with Gasteiger partial charge in [-0.05, 0) is 53.9 Å². The Bertz CT molecular complexity index is 1170. The molecule has 0 radical (unpaired) electrons. The van der Waals surface area contributed by atoms with Gasteiger partial charge in [-0.2, -0.15) is 5.10 Å². The predicted octanol–water partition coefficient (Wildman–Crippen LogP) is 5.11. The fourth-order valence-corrected chi connectivity index (χ4v) is 3.16. The van der Waals surface area contributed by atoms with Crippen molar-refractivity contribution >= 4 is 35.3 Å². The fraction of sp³-hybridized carbons (Fsp3) is 0.192. The molecule has 0 heterocycles. The number of nitrogens with zero attached hydrogens (tertiary/aromatic N) is 1. The molecule has 0 saturated carbocycles. The summed E-state index contributed by atoms with van der Waals surface area (Å²) < 4.78 is 11.2. The molecular weight excluding hydrogens is 454 g/mol. The van der Waals surface area contributed by atoms with E-state index in [1.54, 1.807) is 37.4 Å². The van der Waals surface area contributed by atoms with Crippen LogP contribution >= 0.6 is 11.6 Å². The van der Waals surface area contributed by atoms with E-state index < -0.39 is 0 Å². The maximum Gasteiger partial charge on any atom is 0.240 e. The van der Waals surface area contributed by atoms with Gasteiger partial charge in [-0.15, -0.1) is 0 Å². The number of amides is 2. The first kappa shape index (κ1) is 24.8. The van der Waals surface area contributed by atoms with Crippen molar-refractivity contribution in [3.05, 3.63) is 88.4 Å². The standard InChI is InChI=1S/C26H26ClN3O4/c1-18-8-10-21(15-22(18)27)29-25(31)12-13-26(32)30-28-16-20-9-11-23(24(14-20)33-2)34-17-19-6-4-3-5-7-19/h3-11,14-16H,12-13,17H2,1-2H3,(H,29,31)(H,30,32). The highest BCUT2D eigenvalue weighted by molar-refractivity contribution is 6.31. The number of halogens is 1. The van der Waals surface area contributed by atoms with Crippen molar-refractivity contribution in [3.8, 4) is 11.5 Å². The van der Waals surface area contributed by atoms with Gasteiger partial charge in [0.15, 0.2) is 11.5 Å². The lowest BCUT2D eigenvalue weighted by Crippen LogP contribution is -2.20. The van der Waals surface area contributed by atoms with E-state index in [0.29, 0.717) is 28.8 Å². The van der Waals surface area contributed by atoms with Crippen LogP contribution in [0.15, 0.2) is 71.8 Å². The Morgan fingerprint density at radius 3 is 2.47 bits per heavy atom. The van der Waals surface area contributed by atoms with Gasteiger partial charge < -0.3 is 14.8 Å². The van der Waals surface area contributed by atoms with Crippen LogP contribution in [0.5, 0.6) is 11.5 Å². The van der Waals surface area contributed by atoms with E-state index in [1.807, 2.05) is 43.3 Å². The molecule has 3 rings (SSSR count). The lowest BCUT2D eigenvalue weighted by Gasteiger charge is -2.11. The molecule has 0 bridgehead atoms. The zero-order valence-electron chi connectivity index (χ0n) is 19.0. The number of benzene rings is 3. The Hall–Kier alpha value is -3.84. The number of anilines is 1. The van der Waals surface area contributed by atoms with Crippen LogP contribution in [0.2, 0.25) is 5.02 Å². The van der Waals surface area contributed by atoms with Gasteiger partial charge in [-0.1, -0.05) is 48.0 Å². The van der Waals surface area contributed by atoms with Crippen LogP contribution in [0.1, 0.15) is 29.5 Å². The van der Waals surface area contributed by atoms with Crippen LogP contribution in [0, 0.1) is 6.92 Å². The topological polar surface area (TPSA) is 89.0 Å². The van der Waals surface area contributed by atoms with Crippen molar-refractivity contribution < 1.29 is 19.1 Å². The number of hydrogen-bond acceptors (Lipinski definition) is 5. The van der Waals surface area contributed by atoms with E-state index in [4.69, 9.17) is 21.1 Å². The molecule has 2 amide bonds. The first-order valence-electron chi connectivity index (χ1n) is 10.7. The summed E-state index contributed by atoms with van der Waals surface area (Å²) in [4.78, 5) is 24.1. The quantitative estimate of drug-likeness (QED) is 0.312. The van der Waals surface area contributed by atoms with Gasteiger partial charge >= 0.3 is 0 Å². The summed E-state index contributed by atoms with van der Waals surface area (Å²) in [6, 6.07) is 20.4. The van der Waals surface area contributed by atoms with Crippen LogP contribution in [-0.4, -0.2) is 25.1 Å². The SMILES string of the molecule is COc1cc(C=NNC(=O)CCC(=O)Nc2ccc(C)c(Cl)c2)ccc1OCc1ccccc1. The average molecular weight is 480 g/mol. The van der Waals surface area contributed by atoms with Crippen LogP contribution in [0.25, 0.3) is 0 Å². The smallest absolute Gasteiger partial charge is 0.240 e. The molecule has 3 aromatic rings. The molecule has 0 aliphatic rings. The minimum absolute atomic E-state index is 0.00164. The molecule has 2 N–H and O–H groups in total. The van der Waals surface area contributed by atoms with Gasteiger partial charge in [0.25, 0.3) is 0 Å². The molecule has 34 heavy (non-hydrogen) atoms. The van der Waals surface area contributed by atoms with Gasteiger partial charge in [0, 0.05) is 23.6 Å². The number of methoxy groups -OCH3 is 1. The van der Waals surface area contributed by atoms with Crippen molar-refractivity contribution in [1.82, 2.24) is 5.43 Å². The number of ether oxygens (including phenoxy) is 2. The Balaban J connectivity index is 1.45. The third kappa shape index (κ3) is 7.64. The zero-order chi connectivity index (χ0) is 24.3. The lowest BCUT2D eigenvalue weighted by atomic mass is 10.2. The zero-order valence-corrected chi connectivity index (χ0v) is 19.8. The van der Waals surface area contributed by atoms with E-state index in [9.17, 15) is 9.59 Å². The summed E-state index contributed by atoms with van der Waals surface area (Å²) in [6.07, 6.45) is 1.52. The molecule has 0 unspecified atom stereocenters. The third-order valence-corrected chi connectivity index (χ3v) is 5.27. The molecular formula is C26H26ClN3O4. The number of nitrogens with one attached hydrogen (secondary N) is 2. The summed E-state index contributed by atoms with van der Waals surface area (Å²) >= 11 is 6.06. The van der Waals surface area contributed by atoms with Gasteiger partial charge in [0.05, 0.1) is 13.3 Å². The molecule has 0 aliphatic carbocycles. The van der Waals surface area contributed by atoms with Gasteiger partial charge in [-0.25, -0.2) is 5.43 Å². The van der Waals surface area contributed by atoms with Crippen LogP contribution < -0.4 is 20.2 Å². The number of carbonyl (C=O) groups is 2. The third-order valence-electron chi connectivity index (χ3n) is 4.86. The first-order valence-corrected chi connectivity index (χ1v) is 11.0. The number of hydrogen-bond donors (Lipinski definition) is 2. The second kappa shape index (κ2) is 12.4. The maximum absolute atomic E-state index is 12.1. The van der Waals surface area contributed by atoms with Crippen LogP contribution in [0.4, 0.5) is 5.69 Å². The highest BCUT2D eigenvalue weighted by Gasteiger charge is 2.08. The minimum Gasteiger partial charge on any atom is -0.493 e. The van der Waals surface area contributed by atoms with Gasteiger partial charge in [0.2, 0.25) is 11.8 Å². The first-order chi connectivity index (χ1) is 16.4. The summed E-state index contributed by atoms with van der Waals surface area (Å²) in [5, 5.41) is 7.24. The Morgan fingerprint density at radius 1 is 0.971 bits per heavy atom. The highest BCUT2D eigenvalue weighted by Crippen LogP contribution is 2.28. The highest BCUT2D eigenvalue weighted by atomic mass is 35.5. The number of aryl methyl sites for hydroxylation is 1. The van der Waals surface area contributed by atoms with Crippen molar-refractivity contribution in [1.29, 1.82) is 0 Å². The Labute approximate surface area is 203 Å². The van der Waals surface area contributed by atoms with Gasteiger partial charge in [0.1, 0.15) is 6.61 Å². The second-order valence-electron chi connectivity index (χ2n) is 7.49. The largest absolute Gasteiger partial charge is 0.493 e. The van der Waals surface area contributed by atoms with Crippen molar-refractivity contribution in [3.63, 3.8) is 0 Å². The second-order valence-corrected chi connectivity index (χ2v) is 7.90. The molecule has 0 fully saturated rings. The Morgan fingerprint density at radius 2 is 1.74 bits per heavy atom. The van der Waals surface area contributed by atoms with Crippen LogP contribution in [-0.2, 0) is 16.2 Å². The lowest BCUT2D eigenvalue weighted by molar-refractivity contribution is -0.124. The molecule has 0 atom stereocenters. The van der Waals surface area contributed by atoms with E-state index in [1.165, 1.54) is 6.21 Å². The van der Waals surface area contributed by atoms with Crippen molar-refractivity contribution in [2.45, 2.75) is 26.4 Å². The normalized spacial score (nSPS) is 10.7. The number of hydrazone groups is 1. The number of carbonyl (C=O) groups excluding carboxylic acids is 2. The van der Waals surface area contributed by atoms with Gasteiger partial charge in [-0.3, -0.25) is 9.59 Å². The molecule has 0 saturated heterocycles. The van der Waals surface area contributed by atoms with Crippen molar-refractivity contribution in [2.75, 3.05) is 12.4 Å². The number of rotatable bonds is 10. The minimum atomic E-state index is -0.372. The Kier molecular flexibility index (Phi) is 9.05. The van der Waals surface area contributed by atoms with Crippen LogP contribution in [0.3, 0.4) is 0 Å². The summed E-state index contributed by atoms with van der Waals surface area (Å²) in [6.45, 7) is 2.30. The predicted molar refractivity (Wildman–Crippen MR) is 134 cm³/mol. The molecule has 0 aliphatic heterocycles. The molecule has 8 heteroatoms. The summed E-state index contributed by atoms with van der Waals surface area (Å²) in [7, 11) is 1.56. The monoisotopic (exact) mass is 479 g/mol. The average Bonchev–Trinajstić information content (AvgIpc) is 2.84. The van der Waals surface area contributed by atoms with E-state index >= 15 is 0 Å². The van der Waals surface area contributed by atoms with E-state index in [-0.39, 0.29) is 24.7 Å². The maximum atomic E-state index is 12.1. The molecule has 7 nitrogen and oxygen atoms in total. The molecule has 176 valence electrons. The molecule has 0 aromatic heterocycles.